The quantitative estimate of drug-likeness (QED) is 0.191. The van der Waals surface area contributed by atoms with Crippen LogP contribution >= 0.6 is 0 Å². The number of benzene rings is 4. The van der Waals surface area contributed by atoms with Gasteiger partial charge < -0.3 is 4.42 Å². The Bertz CT molecular complexity index is 1480. The highest BCUT2D eigenvalue weighted by Crippen LogP contribution is 2.44. The summed E-state index contributed by atoms with van der Waals surface area (Å²) in [4.78, 5) is 5.24. The Morgan fingerprint density at radius 1 is 0.700 bits per heavy atom. The van der Waals surface area contributed by atoms with Crippen LogP contribution in [0.15, 0.2) is 126 Å². The van der Waals surface area contributed by atoms with Crippen molar-refractivity contribution < 1.29 is 4.42 Å². The molecule has 3 nitrogen and oxygen atoms in total. The van der Waals surface area contributed by atoms with E-state index in [-0.39, 0.29) is 6.04 Å². The number of hydrogen-bond acceptors (Lipinski definition) is 3. The van der Waals surface area contributed by atoms with Gasteiger partial charge in [-0.3, -0.25) is 9.80 Å². The van der Waals surface area contributed by atoms with E-state index in [9.17, 15) is 0 Å². The summed E-state index contributed by atoms with van der Waals surface area (Å²) in [5, 5.41) is 0. The van der Waals surface area contributed by atoms with Crippen LogP contribution in [0.1, 0.15) is 59.4 Å². The molecule has 0 radical (unpaired) electrons. The molecule has 1 unspecified atom stereocenters. The first-order chi connectivity index (χ1) is 19.8. The van der Waals surface area contributed by atoms with Crippen molar-refractivity contribution in [1.29, 1.82) is 0 Å². The smallest absolute Gasteiger partial charge is 0.139 e. The Balaban J connectivity index is 1.54. The summed E-state index contributed by atoms with van der Waals surface area (Å²) < 4.78 is 6.91. The van der Waals surface area contributed by atoms with Gasteiger partial charge >= 0.3 is 0 Å². The fraction of sp³-hybridized carbons (Fsp3) is 0.243. The number of nitrogens with zero attached hydrogens (tertiary/aromatic N) is 2. The molecule has 6 rings (SSSR count). The summed E-state index contributed by atoms with van der Waals surface area (Å²) in [6.07, 6.45) is 3.23. The number of furan rings is 1. The highest BCUT2D eigenvalue weighted by atomic mass is 16.3. The van der Waals surface area contributed by atoms with Crippen LogP contribution in [0.4, 0.5) is 0 Å². The third kappa shape index (κ3) is 5.82. The number of rotatable bonds is 9. The second kappa shape index (κ2) is 12.5. The minimum Gasteiger partial charge on any atom is -0.460 e. The van der Waals surface area contributed by atoms with E-state index in [1.807, 2.05) is 0 Å². The van der Waals surface area contributed by atoms with Gasteiger partial charge in [-0.15, -0.1) is 0 Å². The van der Waals surface area contributed by atoms with Crippen molar-refractivity contribution in [2.45, 2.75) is 51.9 Å². The Morgan fingerprint density at radius 2 is 1.27 bits per heavy atom. The molecule has 0 amide bonds. The van der Waals surface area contributed by atoms with Crippen molar-refractivity contribution in [2.75, 3.05) is 6.67 Å². The van der Waals surface area contributed by atoms with E-state index in [1.165, 1.54) is 27.8 Å². The molecule has 0 saturated carbocycles. The van der Waals surface area contributed by atoms with Crippen LogP contribution in [0.2, 0.25) is 0 Å². The van der Waals surface area contributed by atoms with Crippen molar-refractivity contribution in [3.05, 3.63) is 155 Å². The van der Waals surface area contributed by atoms with Crippen LogP contribution in [0, 0.1) is 0 Å². The van der Waals surface area contributed by atoms with E-state index in [2.05, 4.69) is 138 Å². The fourth-order valence-corrected chi connectivity index (χ4v) is 6.05. The van der Waals surface area contributed by atoms with Crippen LogP contribution in [0.5, 0.6) is 0 Å². The fourth-order valence-electron chi connectivity index (χ4n) is 6.05. The summed E-state index contributed by atoms with van der Waals surface area (Å²) >= 11 is 0. The monoisotopic (exact) mass is 526 g/mol. The Kier molecular flexibility index (Phi) is 8.23. The molecule has 0 fully saturated rings. The molecule has 1 aliphatic heterocycles. The van der Waals surface area contributed by atoms with Gasteiger partial charge in [0.15, 0.2) is 0 Å². The zero-order chi connectivity index (χ0) is 27.1. The van der Waals surface area contributed by atoms with Gasteiger partial charge in [-0.25, -0.2) is 0 Å². The molecular weight excluding hydrogens is 488 g/mol. The van der Waals surface area contributed by atoms with Crippen molar-refractivity contribution >= 4 is 0 Å². The van der Waals surface area contributed by atoms with Gasteiger partial charge in [0.1, 0.15) is 11.5 Å². The average molecular weight is 527 g/mol. The minimum absolute atomic E-state index is 0.0755. The van der Waals surface area contributed by atoms with E-state index < -0.39 is 0 Å². The van der Waals surface area contributed by atoms with Gasteiger partial charge in [0, 0.05) is 42.7 Å². The van der Waals surface area contributed by atoms with Crippen LogP contribution in [0.25, 0.3) is 11.3 Å². The summed E-state index contributed by atoms with van der Waals surface area (Å²) in [7, 11) is 0. The highest BCUT2D eigenvalue weighted by molar-refractivity contribution is 5.66. The van der Waals surface area contributed by atoms with Crippen molar-refractivity contribution in [2.24, 2.45) is 0 Å². The molecule has 4 aromatic carbocycles. The number of hydrogen-bond donors (Lipinski definition) is 0. The first kappa shape index (κ1) is 26.3. The number of aryl methyl sites for hydroxylation is 1. The van der Waals surface area contributed by atoms with Gasteiger partial charge in [0.05, 0.1) is 12.7 Å². The molecule has 1 atom stereocenters. The third-order valence-electron chi connectivity index (χ3n) is 7.92. The second-order valence-electron chi connectivity index (χ2n) is 10.9. The van der Waals surface area contributed by atoms with Crippen LogP contribution in [-0.4, -0.2) is 16.5 Å². The summed E-state index contributed by atoms with van der Waals surface area (Å²) in [6.45, 7) is 5.74. The molecule has 0 bridgehead atoms. The summed E-state index contributed by atoms with van der Waals surface area (Å²) in [6, 6.07) is 43.6. The second-order valence-corrected chi connectivity index (χ2v) is 10.9. The molecule has 0 N–H and O–H groups in total. The lowest BCUT2D eigenvalue weighted by Crippen LogP contribution is -2.37. The van der Waals surface area contributed by atoms with Gasteiger partial charge in [-0.2, -0.15) is 0 Å². The minimum atomic E-state index is 0.0755. The molecule has 2 heterocycles. The first-order valence-corrected chi connectivity index (χ1v) is 14.6. The molecule has 0 spiro atoms. The van der Waals surface area contributed by atoms with Crippen LogP contribution in [-0.2, 0) is 26.1 Å². The maximum Gasteiger partial charge on any atom is 0.139 e. The van der Waals surface area contributed by atoms with E-state index in [1.54, 1.807) is 0 Å². The van der Waals surface area contributed by atoms with E-state index in [4.69, 9.17) is 4.42 Å². The summed E-state index contributed by atoms with van der Waals surface area (Å²) in [5.74, 6) is 2.17. The van der Waals surface area contributed by atoms with Crippen LogP contribution < -0.4 is 0 Å². The molecule has 0 saturated heterocycles. The molecule has 1 aromatic heterocycles. The first-order valence-electron chi connectivity index (χ1n) is 14.6. The highest BCUT2D eigenvalue weighted by Gasteiger charge is 2.36. The van der Waals surface area contributed by atoms with Crippen molar-refractivity contribution in [3.63, 3.8) is 0 Å². The zero-order valence-electron chi connectivity index (χ0n) is 23.4. The molecule has 3 heteroatoms. The van der Waals surface area contributed by atoms with E-state index >= 15 is 0 Å². The summed E-state index contributed by atoms with van der Waals surface area (Å²) in [5.41, 5.74) is 7.81. The number of unbranched alkanes of at least 4 members (excludes halogenated alkanes) is 1. The van der Waals surface area contributed by atoms with E-state index in [0.717, 1.165) is 62.6 Å². The SMILES string of the molecule is CCCCc1oc(-c2ccccc2)c2c1CN(Cc1ccccc1)CN(Cc1ccccc1)C2c1ccccc1. The maximum absolute atomic E-state index is 6.91. The standard InChI is InChI=1S/C37H38N2O/c1-2-3-24-34-33-27-38(25-29-16-8-4-9-17-29)28-39(26-30-18-10-5-11-19-30)36(31-20-12-6-13-21-31)35(33)37(40-34)32-22-14-7-15-23-32/h4-23,36H,2-3,24-28H2,1H3. The predicted octanol–water partition coefficient (Wildman–Crippen LogP) is 8.85. The van der Waals surface area contributed by atoms with Crippen LogP contribution in [0.3, 0.4) is 0 Å². The topological polar surface area (TPSA) is 19.6 Å². The average Bonchev–Trinajstić information content (AvgIpc) is 3.27. The Hall–Kier alpha value is -3.92. The molecule has 5 aromatic rings. The van der Waals surface area contributed by atoms with Gasteiger partial charge in [-0.05, 0) is 23.1 Å². The molecule has 202 valence electrons. The lowest BCUT2D eigenvalue weighted by molar-refractivity contribution is 0.0990. The molecule has 0 aliphatic carbocycles. The largest absolute Gasteiger partial charge is 0.460 e. The van der Waals surface area contributed by atoms with E-state index in [0.29, 0.717) is 0 Å². The lowest BCUT2D eigenvalue weighted by Gasteiger charge is -2.34. The Morgan fingerprint density at radius 3 is 1.90 bits per heavy atom. The maximum atomic E-state index is 6.91. The zero-order valence-corrected chi connectivity index (χ0v) is 23.4. The molecule has 40 heavy (non-hydrogen) atoms. The normalized spacial score (nSPS) is 16.0. The van der Waals surface area contributed by atoms with Crippen molar-refractivity contribution in [1.82, 2.24) is 9.80 Å². The van der Waals surface area contributed by atoms with Crippen molar-refractivity contribution in [3.8, 4) is 11.3 Å². The molecule has 1 aliphatic rings. The Labute approximate surface area is 238 Å². The predicted molar refractivity (Wildman–Crippen MR) is 164 cm³/mol. The van der Waals surface area contributed by atoms with Gasteiger partial charge in [0.2, 0.25) is 0 Å². The number of fused-ring (bicyclic) bond motifs is 1. The lowest BCUT2D eigenvalue weighted by atomic mass is 9.91. The van der Waals surface area contributed by atoms with Gasteiger partial charge in [-0.1, -0.05) is 135 Å². The third-order valence-corrected chi connectivity index (χ3v) is 7.92. The van der Waals surface area contributed by atoms with Gasteiger partial charge in [0.25, 0.3) is 0 Å². The molecular formula is C37H38N2O.